The van der Waals surface area contributed by atoms with Crippen LogP contribution in [0.3, 0.4) is 0 Å². The normalized spacial score (nSPS) is 14.2. The number of unbranched alkanes of at least 4 members (excludes halogenated alkanes) is 1. The number of rotatable bonds is 31. The number of nitrogens with two attached hydrogens (primary N) is 3. The SMILES string of the molecule is CC(C)C[C@H](N)C(=O)NCC(=O)NCC(=O)N[C@@H](C)C(=O)N[C@@H](CCCCN)C(=O)N[C@@H](CCC(N)=O)C(=O)N[C@@H](C)C(=O)NCC(=O)N[C@@H](CC(=O)O)C(=O)N[C@H](C(=O)O)C(C)C. The van der Waals surface area contributed by atoms with Crippen LogP contribution in [0.1, 0.15) is 86.5 Å². The van der Waals surface area contributed by atoms with E-state index >= 15 is 0 Å². The number of hydrogen-bond acceptors (Lipinski definition) is 14. The Balaban J connectivity index is 5.60. The van der Waals surface area contributed by atoms with Gasteiger partial charge in [-0.1, -0.05) is 27.7 Å². The number of hydrogen-bond donors (Lipinski definition) is 14. The van der Waals surface area contributed by atoms with Crippen LogP contribution in [0.25, 0.3) is 0 Å². The monoisotopic (exact) mass is 914 g/mol. The molecule has 0 unspecified atom stereocenters. The summed E-state index contributed by atoms with van der Waals surface area (Å²) in [5.41, 5.74) is 16.6. The van der Waals surface area contributed by atoms with E-state index in [2.05, 4.69) is 47.9 Å². The first kappa shape index (κ1) is 57.6. The summed E-state index contributed by atoms with van der Waals surface area (Å²) in [6, 6.07) is -9.37. The van der Waals surface area contributed by atoms with E-state index in [4.69, 9.17) is 17.2 Å². The molecule has 0 aliphatic heterocycles. The number of aliphatic carboxylic acids is 2. The van der Waals surface area contributed by atoms with Crippen molar-refractivity contribution in [2.24, 2.45) is 29.0 Å². The lowest BCUT2D eigenvalue weighted by atomic mass is 10.0. The molecule has 0 saturated carbocycles. The summed E-state index contributed by atoms with van der Waals surface area (Å²) < 4.78 is 0. The molecule has 10 amide bonds. The highest BCUT2D eigenvalue weighted by atomic mass is 16.4. The minimum absolute atomic E-state index is 0.00984. The number of carbonyl (C=O) groups is 12. The van der Waals surface area contributed by atoms with Crippen molar-refractivity contribution in [1.82, 2.24) is 47.9 Å². The second-order valence-corrected chi connectivity index (χ2v) is 15.7. The minimum atomic E-state index is -1.72. The fraction of sp³-hybridized carbons (Fsp3) is 0.684. The van der Waals surface area contributed by atoms with Gasteiger partial charge in [0.2, 0.25) is 59.1 Å². The largest absolute Gasteiger partial charge is 0.481 e. The van der Waals surface area contributed by atoms with E-state index in [9.17, 15) is 67.7 Å². The summed E-state index contributed by atoms with van der Waals surface area (Å²) >= 11 is 0. The van der Waals surface area contributed by atoms with Crippen LogP contribution >= 0.6 is 0 Å². The van der Waals surface area contributed by atoms with Gasteiger partial charge in [-0.25, -0.2) is 4.79 Å². The van der Waals surface area contributed by atoms with Gasteiger partial charge in [0.05, 0.1) is 32.1 Å². The number of carboxylic acid groups (broad SMARTS) is 2. The number of amides is 10. The molecule has 0 bridgehead atoms. The maximum Gasteiger partial charge on any atom is 0.326 e. The van der Waals surface area contributed by atoms with Crippen molar-refractivity contribution in [3.63, 3.8) is 0 Å². The molecule has 0 aromatic carbocycles. The van der Waals surface area contributed by atoms with Gasteiger partial charge in [0.15, 0.2) is 0 Å². The number of carbonyl (C=O) groups excluding carboxylic acids is 10. The van der Waals surface area contributed by atoms with Crippen LogP contribution in [-0.4, -0.2) is 150 Å². The first-order chi connectivity index (χ1) is 29.8. The van der Waals surface area contributed by atoms with E-state index < -0.39 is 152 Å². The smallest absolute Gasteiger partial charge is 0.326 e. The van der Waals surface area contributed by atoms with Crippen LogP contribution in [0, 0.1) is 11.8 Å². The average molecular weight is 915 g/mol. The molecule has 362 valence electrons. The summed E-state index contributed by atoms with van der Waals surface area (Å²) in [4.78, 5) is 149. The van der Waals surface area contributed by atoms with Gasteiger partial charge in [-0.05, 0) is 64.3 Å². The zero-order valence-electron chi connectivity index (χ0n) is 37.0. The number of carboxylic acids is 2. The van der Waals surface area contributed by atoms with E-state index in [0.29, 0.717) is 19.3 Å². The Morgan fingerprint density at radius 1 is 0.531 bits per heavy atom. The van der Waals surface area contributed by atoms with Crippen molar-refractivity contribution in [2.45, 2.75) is 129 Å². The van der Waals surface area contributed by atoms with Gasteiger partial charge < -0.3 is 75.3 Å². The van der Waals surface area contributed by atoms with E-state index in [1.54, 1.807) is 0 Å². The molecule has 0 fully saturated rings. The number of primary amides is 1. The molecule has 0 heterocycles. The van der Waals surface area contributed by atoms with Crippen molar-refractivity contribution < 1.29 is 67.7 Å². The van der Waals surface area contributed by atoms with E-state index in [-0.39, 0.29) is 25.3 Å². The third kappa shape index (κ3) is 24.3. The summed E-state index contributed by atoms with van der Waals surface area (Å²) in [5, 5.41) is 39.3. The van der Waals surface area contributed by atoms with Gasteiger partial charge in [-0.3, -0.25) is 52.7 Å². The summed E-state index contributed by atoms with van der Waals surface area (Å²) in [7, 11) is 0. The molecule has 64 heavy (non-hydrogen) atoms. The van der Waals surface area contributed by atoms with Crippen LogP contribution in [-0.2, 0) is 57.5 Å². The van der Waals surface area contributed by atoms with Crippen molar-refractivity contribution >= 4 is 71.0 Å². The molecule has 0 rings (SSSR count). The Hall–Kier alpha value is -6.44. The summed E-state index contributed by atoms with van der Waals surface area (Å²) in [5.74, 6) is -12.0. The quantitative estimate of drug-likeness (QED) is 0.0288. The van der Waals surface area contributed by atoms with Gasteiger partial charge >= 0.3 is 11.9 Å². The highest BCUT2D eigenvalue weighted by Crippen LogP contribution is 2.07. The van der Waals surface area contributed by atoms with Gasteiger partial charge in [0.25, 0.3) is 0 Å². The second-order valence-electron chi connectivity index (χ2n) is 15.7. The topological polar surface area (TPSA) is 432 Å². The lowest BCUT2D eigenvalue weighted by molar-refractivity contribution is -0.144. The molecule has 0 aromatic heterocycles. The van der Waals surface area contributed by atoms with Crippen LogP contribution in [0.2, 0.25) is 0 Å². The first-order valence-corrected chi connectivity index (χ1v) is 20.6. The predicted octanol–water partition coefficient (Wildman–Crippen LogP) is -5.73. The molecule has 0 aliphatic rings. The lowest BCUT2D eigenvalue weighted by Crippen LogP contribution is -2.58. The molecule has 0 spiro atoms. The molecule has 7 atom stereocenters. The fourth-order valence-corrected chi connectivity index (χ4v) is 5.50. The average Bonchev–Trinajstić information content (AvgIpc) is 3.19. The first-order valence-electron chi connectivity index (χ1n) is 20.6. The van der Waals surface area contributed by atoms with Gasteiger partial charge in [0, 0.05) is 6.42 Å². The third-order valence-electron chi connectivity index (χ3n) is 9.03. The van der Waals surface area contributed by atoms with Gasteiger partial charge in [-0.15, -0.1) is 0 Å². The van der Waals surface area contributed by atoms with Crippen molar-refractivity contribution in [3.05, 3.63) is 0 Å². The van der Waals surface area contributed by atoms with Crippen LogP contribution in [0.4, 0.5) is 0 Å². The molecule has 26 heteroatoms. The molecule has 0 aliphatic carbocycles. The zero-order valence-corrected chi connectivity index (χ0v) is 37.0. The number of nitrogens with one attached hydrogen (secondary N) is 9. The maximum atomic E-state index is 13.5. The predicted molar refractivity (Wildman–Crippen MR) is 225 cm³/mol. The van der Waals surface area contributed by atoms with E-state index in [0.717, 1.165) is 0 Å². The van der Waals surface area contributed by atoms with Gasteiger partial charge in [-0.2, -0.15) is 0 Å². The third-order valence-corrected chi connectivity index (χ3v) is 9.03. The van der Waals surface area contributed by atoms with Crippen LogP contribution < -0.4 is 65.1 Å². The zero-order chi connectivity index (χ0) is 49.3. The molecule has 0 saturated heterocycles. The second kappa shape index (κ2) is 29.8. The highest BCUT2D eigenvalue weighted by Gasteiger charge is 2.32. The molecule has 26 nitrogen and oxygen atoms in total. The van der Waals surface area contributed by atoms with Gasteiger partial charge in [0.1, 0.15) is 36.3 Å². The lowest BCUT2D eigenvalue weighted by Gasteiger charge is -2.25. The Labute approximate surface area is 370 Å². The van der Waals surface area contributed by atoms with Crippen molar-refractivity contribution in [2.75, 3.05) is 26.2 Å². The molecular weight excluding hydrogens is 848 g/mol. The van der Waals surface area contributed by atoms with Crippen LogP contribution in [0.15, 0.2) is 0 Å². The Bertz CT molecular complexity index is 1680. The standard InChI is InChI=1S/C38H66N12O14/c1-18(2)13-22(40)34(59)44-15-27(52)42-16-28(53)45-21(6)33(58)48-23(9-7-8-12-39)36(61)49-24(10-11-26(41)51)35(60)46-20(5)32(57)43-17-29(54)47-25(14-30(55)56)37(62)50-31(19(3)4)38(63)64/h18-25,31H,7-17,39-40H2,1-6H3,(H2,41,51)(H,42,52)(H,43,57)(H,44,59)(H,45,53)(H,46,60)(H,47,54)(H,48,58)(H,49,61)(H,50,62)(H,55,56)(H,63,64)/t20-,21-,22-,23-,24-,25-,31-/m0/s1. The Kier molecular flexibility index (Phi) is 26.8. The van der Waals surface area contributed by atoms with Crippen LogP contribution in [0.5, 0.6) is 0 Å². The minimum Gasteiger partial charge on any atom is -0.481 e. The van der Waals surface area contributed by atoms with E-state index in [1.165, 1.54) is 27.7 Å². The summed E-state index contributed by atoms with van der Waals surface area (Å²) in [6.45, 7) is 7.66. The summed E-state index contributed by atoms with van der Waals surface area (Å²) in [6.07, 6.45) is -0.517. The molecule has 17 N–H and O–H groups in total. The highest BCUT2D eigenvalue weighted by molar-refractivity contribution is 5.97. The van der Waals surface area contributed by atoms with Crippen molar-refractivity contribution in [3.8, 4) is 0 Å². The Morgan fingerprint density at radius 3 is 1.58 bits per heavy atom. The molecule has 0 radical (unpaired) electrons. The van der Waals surface area contributed by atoms with Crippen molar-refractivity contribution in [1.29, 1.82) is 0 Å². The maximum absolute atomic E-state index is 13.5. The van der Waals surface area contributed by atoms with E-state index in [1.807, 2.05) is 13.8 Å². The molecular formula is C38H66N12O14. The Morgan fingerprint density at radius 2 is 1.03 bits per heavy atom. The molecule has 0 aromatic rings. The fourth-order valence-electron chi connectivity index (χ4n) is 5.50.